The Kier molecular flexibility index (Phi) is 2.94. The number of aliphatic carboxylic acids is 1. The summed E-state index contributed by atoms with van der Waals surface area (Å²) < 4.78 is 13.2. The van der Waals surface area contributed by atoms with Gasteiger partial charge in [0.25, 0.3) is 11.7 Å². The quantitative estimate of drug-likeness (QED) is 0.659. The van der Waals surface area contributed by atoms with Crippen LogP contribution >= 0.6 is 0 Å². The van der Waals surface area contributed by atoms with Gasteiger partial charge in [0.2, 0.25) is 0 Å². The van der Waals surface area contributed by atoms with Gasteiger partial charge < -0.3 is 5.11 Å². The fourth-order valence-corrected chi connectivity index (χ4v) is 2.02. The number of anilines is 1. The molecule has 0 saturated heterocycles. The van der Waals surface area contributed by atoms with Crippen LogP contribution in [0.3, 0.4) is 0 Å². The predicted octanol–water partition coefficient (Wildman–Crippen LogP) is 1.30. The van der Waals surface area contributed by atoms with Crippen LogP contribution in [0.15, 0.2) is 24.3 Å². The lowest BCUT2D eigenvalue weighted by Gasteiger charge is -2.18. The smallest absolute Gasteiger partial charge is 0.332 e. The Bertz CT molecular complexity index is 636. The topological polar surface area (TPSA) is 74.7 Å². The Labute approximate surface area is 107 Å². The van der Waals surface area contributed by atoms with Crippen molar-refractivity contribution in [3.05, 3.63) is 41.2 Å². The third kappa shape index (κ3) is 2.01. The van der Waals surface area contributed by atoms with E-state index in [0.717, 1.165) is 11.0 Å². The molecule has 19 heavy (non-hydrogen) atoms. The SMILES string of the molecule is C=C(CN1C(=O)C(=O)c2cc(F)cc(C)c21)C(=O)O. The number of hydrogen-bond acceptors (Lipinski definition) is 3. The van der Waals surface area contributed by atoms with Gasteiger partial charge in [-0.05, 0) is 24.6 Å². The van der Waals surface area contributed by atoms with Crippen molar-refractivity contribution in [2.75, 3.05) is 11.4 Å². The highest BCUT2D eigenvalue weighted by Gasteiger charge is 2.38. The van der Waals surface area contributed by atoms with Crippen molar-refractivity contribution in [1.82, 2.24) is 0 Å². The van der Waals surface area contributed by atoms with Crippen LogP contribution in [0.5, 0.6) is 0 Å². The van der Waals surface area contributed by atoms with E-state index in [4.69, 9.17) is 5.11 Å². The number of hydrogen-bond donors (Lipinski definition) is 1. The van der Waals surface area contributed by atoms with E-state index in [2.05, 4.69) is 6.58 Å². The van der Waals surface area contributed by atoms with Gasteiger partial charge in [-0.25, -0.2) is 9.18 Å². The summed E-state index contributed by atoms with van der Waals surface area (Å²) in [7, 11) is 0. The molecule has 0 radical (unpaired) electrons. The lowest BCUT2D eigenvalue weighted by Crippen LogP contribution is -2.33. The number of Topliss-reactive ketones (excluding diaryl/α,β-unsaturated/α-hetero) is 1. The number of halogens is 1. The summed E-state index contributed by atoms with van der Waals surface area (Å²) >= 11 is 0. The van der Waals surface area contributed by atoms with Crippen LogP contribution in [0.25, 0.3) is 0 Å². The van der Waals surface area contributed by atoms with Gasteiger partial charge in [0.1, 0.15) is 5.82 Å². The highest BCUT2D eigenvalue weighted by molar-refractivity contribution is 6.52. The third-order valence-corrected chi connectivity index (χ3v) is 2.87. The minimum atomic E-state index is -1.26. The number of fused-ring (bicyclic) bond motifs is 1. The molecule has 5 nitrogen and oxygen atoms in total. The monoisotopic (exact) mass is 263 g/mol. The first-order valence-electron chi connectivity index (χ1n) is 5.40. The van der Waals surface area contributed by atoms with Crippen molar-refractivity contribution in [3.63, 3.8) is 0 Å². The molecule has 0 bridgehead atoms. The molecule has 1 aliphatic rings. The van der Waals surface area contributed by atoms with Crippen molar-refractivity contribution in [2.24, 2.45) is 0 Å². The second-order valence-corrected chi connectivity index (χ2v) is 4.25. The number of carbonyl (C=O) groups excluding carboxylic acids is 2. The highest BCUT2D eigenvalue weighted by atomic mass is 19.1. The molecule has 1 N–H and O–H groups in total. The number of carboxylic acids is 1. The van der Waals surface area contributed by atoms with E-state index in [0.29, 0.717) is 5.56 Å². The van der Waals surface area contributed by atoms with Gasteiger partial charge >= 0.3 is 5.97 Å². The van der Waals surface area contributed by atoms with Gasteiger partial charge in [-0.2, -0.15) is 0 Å². The average Bonchev–Trinajstić information content (AvgIpc) is 2.54. The van der Waals surface area contributed by atoms with E-state index < -0.39 is 23.5 Å². The number of aryl methyl sites for hydroxylation is 1. The molecular formula is C13H10FNO4. The molecule has 2 rings (SSSR count). The molecule has 1 heterocycles. The van der Waals surface area contributed by atoms with Crippen molar-refractivity contribution >= 4 is 23.3 Å². The van der Waals surface area contributed by atoms with Crippen LogP contribution in [-0.2, 0) is 9.59 Å². The number of carbonyl (C=O) groups is 3. The lowest BCUT2D eigenvalue weighted by atomic mass is 10.1. The number of amides is 1. The van der Waals surface area contributed by atoms with Crippen LogP contribution in [0, 0.1) is 12.7 Å². The number of benzene rings is 1. The van der Waals surface area contributed by atoms with Gasteiger partial charge in [-0.3, -0.25) is 14.5 Å². The predicted molar refractivity (Wildman–Crippen MR) is 64.6 cm³/mol. The summed E-state index contributed by atoms with van der Waals surface area (Å²) in [4.78, 5) is 35.3. The maximum Gasteiger partial charge on any atom is 0.332 e. The molecule has 1 amide bonds. The van der Waals surface area contributed by atoms with Crippen LogP contribution in [0.2, 0.25) is 0 Å². The van der Waals surface area contributed by atoms with E-state index in [9.17, 15) is 18.8 Å². The van der Waals surface area contributed by atoms with E-state index >= 15 is 0 Å². The lowest BCUT2D eigenvalue weighted by molar-refractivity contribution is -0.132. The molecule has 0 aromatic heterocycles. The Morgan fingerprint density at radius 2 is 2.05 bits per heavy atom. The normalized spacial score (nSPS) is 13.7. The summed E-state index contributed by atoms with van der Waals surface area (Å²) in [6.45, 7) is 4.56. The molecular weight excluding hydrogens is 253 g/mol. The maximum absolute atomic E-state index is 13.2. The van der Waals surface area contributed by atoms with Crippen molar-refractivity contribution < 1.29 is 23.9 Å². The Hall–Kier alpha value is -2.50. The molecule has 0 fully saturated rings. The van der Waals surface area contributed by atoms with E-state index in [1.165, 1.54) is 6.07 Å². The molecule has 1 aromatic carbocycles. The van der Waals surface area contributed by atoms with Crippen molar-refractivity contribution in [1.29, 1.82) is 0 Å². The van der Waals surface area contributed by atoms with Gasteiger partial charge in [-0.15, -0.1) is 0 Å². The number of carboxylic acid groups (broad SMARTS) is 1. The molecule has 0 atom stereocenters. The zero-order valence-corrected chi connectivity index (χ0v) is 10.1. The third-order valence-electron chi connectivity index (χ3n) is 2.87. The van der Waals surface area contributed by atoms with Crippen LogP contribution < -0.4 is 4.90 Å². The Morgan fingerprint density at radius 1 is 1.42 bits per heavy atom. The maximum atomic E-state index is 13.2. The molecule has 0 spiro atoms. The van der Waals surface area contributed by atoms with E-state index in [-0.39, 0.29) is 23.4 Å². The van der Waals surface area contributed by atoms with Crippen LogP contribution in [0.1, 0.15) is 15.9 Å². The fraction of sp³-hybridized carbons (Fsp3) is 0.154. The van der Waals surface area contributed by atoms with Crippen molar-refractivity contribution in [2.45, 2.75) is 6.92 Å². The number of rotatable bonds is 3. The highest BCUT2D eigenvalue weighted by Crippen LogP contribution is 2.33. The van der Waals surface area contributed by atoms with Crippen molar-refractivity contribution in [3.8, 4) is 0 Å². The van der Waals surface area contributed by atoms with Crippen LogP contribution in [0.4, 0.5) is 10.1 Å². The average molecular weight is 263 g/mol. The first-order chi connectivity index (χ1) is 8.82. The summed E-state index contributed by atoms with van der Waals surface area (Å²) in [5.41, 5.74) is 0.379. The summed E-state index contributed by atoms with van der Waals surface area (Å²) in [6, 6.07) is 2.16. The zero-order valence-electron chi connectivity index (χ0n) is 10.1. The zero-order chi connectivity index (χ0) is 14.3. The Balaban J connectivity index is 2.50. The Morgan fingerprint density at radius 3 is 2.63 bits per heavy atom. The largest absolute Gasteiger partial charge is 0.478 e. The van der Waals surface area contributed by atoms with Gasteiger partial charge in [-0.1, -0.05) is 6.58 Å². The van der Waals surface area contributed by atoms with Gasteiger partial charge in [0, 0.05) is 5.57 Å². The van der Waals surface area contributed by atoms with E-state index in [1.54, 1.807) is 6.92 Å². The standard InChI is InChI=1S/C13H10FNO4/c1-6-3-8(14)4-9-10(6)15(12(17)11(9)16)5-7(2)13(18)19/h3-4H,2,5H2,1H3,(H,18,19). The fourth-order valence-electron chi connectivity index (χ4n) is 2.02. The molecule has 98 valence electrons. The first-order valence-corrected chi connectivity index (χ1v) is 5.40. The summed E-state index contributed by atoms with van der Waals surface area (Å²) in [5.74, 6) is -3.58. The van der Waals surface area contributed by atoms with Gasteiger partial charge in [0.05, 0.1) is 17.8 Å². The van der Waals surface area contributed by atoms with E-state index in [1.807, 2.05) is 0 Å². The number of nitrogens with zero attached hydrogens (tertiary/aromatic N) is 1. The first kappa shape index (κ1) is 12.9. The molecule has 0 saturated carbocycles. The summed E-state index contributed by atoms with van der Waals surface area (Å²) in [5, 5.41) is 8.77. The molecule has 0 unspecified atom stereocenters. The molecule has 1 aliphatic heterocycles. The minimum Gasteiger partial charge on any atom is -0.478 e. The second-order valence-electron chi connectivity index (χ2n) is 4.25. The summed E-state index contributed by atoms with van der Waals surface area (Å²) in [6.07, 6.45) is 0. The molecule has 1 aromatic rings. The molecule has 0 aliphatic carbocycles. The number of ketones is 1. The van der Waals surface area contributed by atoms with Gasteiger partial charge in [0.15, 0.2) is 0 Å². The molecule has 6 heteroatoms. The van der Waals surface area contributed by atoms with Crippen LogP contribution in [-0.4, -0.2) is 29.3 Å². The minimum absolute atomic E-state index is 0.0410. The second kappa shape index (κ2) is 4.31.